The average molecular weight is 143 g/mol. The minimum Gasteiger partial charge on any atom is -0.383 e. The summed E-state index contributed by atoms with van der Waals surface area (Å²) in [4.78, 5) is 0. The molecule has 1 N–H and O–H groups in total. The van der Waals surface area contributed by atoms with Crippen LogP contribution in [0.3, 0.4) is 0 Å². The minimum atomic E-state index is 0.446. The van der Waals surface area contributed by atoms with E-state index < -0.39 is 0 Å². The average Bonchev–Trinajstić information content (AvgIpc) is 1.89. The molecule has 2 nitrogen and oxygen atoms in total. The van der Waals surface area contributed by atoms with E-state index in [9.17, 15) is 0 Å². The van der Waals surface area contributed by atoms with Gasteiger partial charge in [-0.3, -0.25) is 0 Å². The first-order chi connectivity index (χ1) is 4.81. The van der Waals surface area contributed by atoms with Crippen LogP contribution in [0.15, 0.2) is 12.2 Å². The highest BCUT2D eigenvalue weighted by atomic mass is 16.5. The Morgan fingerprint density at radius 3 is 2.80 bits per heavy atom. The third-order valence-corrected chi connectivity index (χ3v) is 1.24. The summed E-state index contributed by atoms with van der Waals surface area (Å²) in [7, 11) is 1.72. The Hall–Kier alpha value is -0.340. The van der Waals surface area contributed by atoms with Gasteiger partial charge in [-0.25, -0.2) is 0 Å². The fourth-order valence-electron chi connectivity index (χ4n) is 0.696. The van der Waals surface area contributed by atoms with Crippen molar-refractivity contribution in [2.45, 2.75) is 19.9 Å². The summed E-state index contributed by atoms with van der Waals surface area (Å²) >= 11 is 0. The van der Waals surface area contributed by atoms with Crippen LogP contribution in [-0.4, -0.2) is 26.3 Å². The molecule has 0 saturated carbocycles. The molecule has 0 aromatic heterocycles. The van der Waals surface area contributed by atoms with Gasteiger partial charge < -0.3 is 10.1 Å². The molecule has 0 aliphatic rings. The van der Waals surface area contributed by atoms with Crippen molar-refractivity contribution in [3.8, 4) is 0 Å². The third kappa shape index (κ3) is 5.79. The molecule has 10 heavy (non-hydrogen) atoms. The summed E-state index contributed by atoms with van der Waals surface area (Å²) in [6.07, 6.45) is 4.12. The number of hydrogen-bond donors (Lipinski definition) is 1. The van der Waals surface area contributed by atoms with Crippen LogP contribution in [0, 0.1) is 0 Å². The van der Waals surface area contributed by atoms with Crippen LogP contribution in [0.5, 0.6) is 0 Å². The summed E-state index contributed by atoms with van der Waals surface area (Å²) in [5.74, 6) is 0. The van der Waals surface area contributed by atoms with Gasteiger partial charge >= 0.3 is 0 Å². The summed E-state index contributed by atoms with van der Waals surface area (Å²) in [6.45, 7) is 5.83. The van der Waals surface area contributed by atoms with Gasteiger partial charge in [-0.2, -0.15) is 0 Å². The fourth-order valence-corrected chi connectivity index (χ4v) is 0.696. The second-order valence-electron chi connectivity index (χ2n) is 2.33. The molecular formula is C8H17NO. The highest BCUT2D eigenvalue weighted by Gasteiger charge is 1.95. The Kier molecular flexibility index (Phi) is 6.55. The molecular weight excluding hydrogens is 126 g/mol. The molecule has 2 heteroatoms. The first kappa shape index (κ1) is 9.66. The van der Waals surface area contributed by atoms with E-state index in [1.54, 1.807) is 7.11 Å². The van der Waals surface area contributed by atoms with Crippen LogP contribution in [0.1, 0.15) is 13.8 Å². The molecule has 0 spiro atoms. The zero-order chi connectivity index (χ0) is 7.82. The van der Waals surface area contributed by atoms with E-state index in [1.807, 2.05) is 13.0 Å². The van der Waals surface area contributed by atoms with Crippen LogP contribution >= 0.6 is 0 Å². The van der Waals surface area contributed by atoms with Crippen molar-refractivity contribution in [2.75, 3.05) is 20.3 Å². The van der Waals surface area contributed by atoms with Crippen LogP contribution in [0.25, 0.3) is 0 Å². The third-order valence-electron chi connectivity index (χ3n) is 1.24. The van der Waals surface area contributed by atoms with Gasteiger partial charge in [0.1, 0.15) is 0 Å². The van der Waals surface area contributed by atoms with Gasteiger partial charge in [0.2, 0.25) is 0 Å². The monoisotopic (exact) mass is 143 g/mol. The van der Waals surface area contributed by atoms with Gasteiger partial charge in [-0.05, 0) is 13.8 Å². The Morgan fingerprint density at radius 1 is 1.60 bits per heavy atom. The molecule has 0 aromatic rings. The van der Waals surface area contributed by atoms with E-state index in [0.717, 1.165) is 13.2 Å². The van der Waals surface area contributed by atoms with Crippen LogP contribution in [0.4, 0.5) is 0 Å². The van der Waals surface area contributed by atoms with Crippen LogP contribution in [0.2, 0.25) is 0 Å². The largest absolute Gasteiger partial charge is 0.383 e. The normalized spacial score (nSPS) is 14.3. The number of rotatable bonds is 5. The van der Waals surface area contributed by atoms with Gasteiger partial charge in [-0.1, -0.05) is 12.2 Å². The van der Waals surface area contributed by atoms with Gasteiger partial charge in [-0.15, -0.1) is 0 Å². The van der Waals surface area contributed by atoms with E-state index in [0.29, 0.717) is 6.04 Å². The Balaban J connectivity index is 3.12. The lowest BCUT2D eigenvalue weighted by Crippen LogP contribution is -2.30. The van der Waals surface area contributed by atoms with E-state index in [2.05, 4.69) is 18.3 Å². The molecule has 0 amide bonds. The molecule has 0 unspecified atom stereocenters. The van der Waals surface area contributed by atoms with Gasteiger partial charge in [0.05, 0.1) is 6.61 Å². The zero-order valence-electron chi connectivity index (χ0n) is 7.05. The Morgan fingerprint density at radius 2 is 2.30 bits per heavy atom. The fraction of sp³-hybridized carbons (Fsp3) is 0.750. The van der Waals surface area contributed by atoms with E-state index in [-0.39, 0.29) is 0 Å². The topological polar surface area (TPSA) is 21.3 Å². The lowest BCUT2D eigenvalue weighted by Gasteiger charge is -2.09. The maximum Gasteiger partial charge on any atom is 0.0613 e. The number of allylic oxidation sites excluding steroid dienone is 1. The lowest BCUT2D eigenvalue weighted by atomic mass is 10.3. The predicted molar refractivity (Wildman–Crippen MR) is 44.2 cm³/mol. The Labute approximate surface area is 63.3 Å². The highest BCUT2D eigenvalue weighted by molar-refractivity contribution is 4.80. The second kappa shape index (κ2) is 6.78. The first-order valence-electron chi connectivity index (χ1n) is 3.64. The molecule has 0 radical (unpaired) electrons. The first-order valence-corrected chi connectivity index (χ1v) is 3.64. The molecule has 0 bridgehead atoms. The SMILES string of the molecule is C/C=C/CN[C@@H](C)COC. The van der Waals surface area contributed by atoms with Crippen molar-refractivity contribution < 1.29 is 4.74 Å². The molecule has 0 fully saturated rings. The van der Waals surface area contributed by atoms with Gasteiger partial charge in [0, 0.05) is 19.7 Å². The summed E-state index contributed by atoms with van der Waals surface area (Å²) < 4.78 is 4.95. The zero-order valence-corrected chi connectivity index (χ0v) is 7.05. The maximum absolute atomic E-state index is 4.95. The summed E-state index contributed by atoms with van der Waals surface area (Å²) in [6, 6.07) is 0.446. The van der Waals surface area contributed by atoms with Crippen molar-refractivity contribution in [3.05, 3.63) is 12.2 Å². The minimum absolute atomic E-state index is 0.446. The molecule has 1 atom stereocenters. The Bertz CT molecular complexity index is 91.3. The number of nitrogens with one attached hydrogen (secondary N) is 1. The van der Waals surface area contributed by atoms with Crippen LogP contribution < -0.4 is 5.32 Å². The lowest BCUT2D eigenvalue weighted by molar-refractivity contribution is 0.174. The van der Waals surface area contributed by atoms with Crippen molar-refractivity contribution in [1.29, 1.82) is 0 Å². The highest BCUT2D eigenvalue weighted by Crippen LogP contribution is 1.80. The smallest absolute Gasteiger partial charge is 0.0613 e. The van der Waals surface area contributed by atoms with E-state index >= 15 is 0 Å². The summed E-state index contributed by atoms with van der Waals surface area (Å²) in [5.41, 5.74) is 0. The molecule has 0 aliphatic heterocycles. The maximum atomic E-state index is 4.95. The quantitative estimate of drug-likeness (QED) is 0.584. The number of ether oxygens (including phenoxy) is 1. The van der Waals surface area contributed by atoms with E-state index in [1.165, 1.54) is 0 Å². The van der Waals surface area contributed by atoms with Gasteiger partial charge in [0.25, 0.3) is 0 Å². The van der Waals surface area contributed by atoms with E-state index in [4.69, 9.17) is 4.74 Å². The molecule has 0 aromatic carbocycles. The second-order valence-corrected chi connectivity index (χ2v) is 2.33. The van der Waals surface area contributed by atoms with Crippen LogP contribution in [-0.2, 0) is 4.74 Å². The molecule has 0 saturated heterocycles. The van der Waals surface area contributed by atoms with Crippen molar-refractivity contribution in [2.24, 2.45) is 0 Å². The van der Waals surface area contributed by atoms with Crippen molar-refractivity contribution in [1.82, 2.24) is 5.32 Å². The number of methoxy groups -OCH3 is 1. The van der Waals surface area contributed by atoms with Gasteiger partial charge in [0.15, 0.2) is 0 Å². The molecule has 0 aliphatic carbocycles. The van der Waals surface area contributed by atoms with Crippen molar-refractivity contribution in [3.63, 3.8) is 0 Å². The number of hydrogen-bond acceptors (Lipinski definition) is 2. The summed E-state index contributed by atoms with van der Waals surface area (Å²) in [5, 5.41) is 3.27. The molecule has 0 rings (SSSR count). The predicted octanol–water partition coefficient (Wildman–Crippen LogP) is 1.19. The molecule has 60 valence electrons. The van der Waals surface area contributed by atoms with Crippen molar-refractivity contribution >= 4 is 0 Å². The standard InChI is InChI=1S/C8H17NO/c1-4-5-6-9-8(2)7-10-3/h4-5,8-9H,6-7H2,1-3H3/b5-4+/t8-/m0/s1. The molecule has 0 heterocycles.